The lowest BCUT2D eigenvalue weighted by Crippen LogP contribution is -2.20. The second kappa shape index (κ2) is 2.82. The van der Waals surface area contributed by atoms with Gasteiger partial charge in [0.25, 0.3) is 0 Å². The number of methoxy groups -OCH3 is 1. The average molecular weight is 182 g/mol. The van der Waals surface area contributed by atoms with Crippen molar-refractivity contribution >= 4 is 11.8 Å². The quantitative estimate of drug-likeness (QED) is 0.574. The van der Waals surface area contributed by atoms with E-state index in [2.05, 4.69) is 4.74 Å². The molecule has 0 radical (unpaired) electrons. The summed E-state index contributed by atoms with van der Waals surface area (Å²) in [6, 6.07) is 0. The number of hydrogen-bond acceptors (Lipinski definition) is 3. The molecule has 0 aromatic rings. The highest BCUT2D eigenvalue weighted by Gasteiger charge is 2.59. The summed E-state index contributed by atoms with van der Waals surface area (Å²) >= 11 is 0. The van der Waals surface area contributed by atoms with E-state index in [1.165, 1.54) is 7.11 Å². The van der Waals surface area contributed by atoms with Crippen LogP contribution in [0.15, 0.2) is 0 Å². The van der Waals surface area contributed by atoms with Crippen LogP contribution in [0.4, 0.5) is 0 Å². The lowest BCUT2D eigenvalue weighted by molar-refractivity contribution is -0.143. The Morgan fingerprint density at radius 1 is 1.62 bits per heavy atom. The third-order valence-electron chi connectivity index (χ3n) is 3.35. The Labute approximate surface area is 77.4 Å². The maximum Gasteiger partial charge on any atom is 0.309 e. The summed E-state index contributed by atoms with van der Waals surface area (Å²) < 4.78 is 4.69. The first-order valence-corrected chi connectivity index (χ1v) is 4.77. The van der Waals surface area contributed by atoms with Gasteiger partial charge in [-0.05, 0) is 24.7 Å². The van der Waals surface area contributed by atoms with Gasteiger partial charge in [-0.2, -0.15) is 0 Å². The van der Waals surface area contributed by atoms with E-state index in [0.717, 1.165) is 19.3 Å². The van der Waals surface area contributed by atoms with Gasteiger partial charge in [-0.15, -0.1) is 0 Å². The molecule has 72 valence electrons. The first-order chi connectivity index (χ1) is 6.18. The Balaban J connectivity index is 2.01. The minimum atomic E-state index is -0.130. The molecule has 2 aliphatic rings. The van der Waals surface area contributed by atoms with Crippen molar-refractivity contribution < 1.29 is 14.3 Å². The molecule has 2 fully saturated rings. The van der Waals surface area contributed by atoms with Crippen molar-refractivity contribution in [3.63, 3.8) is 0 Å². The fourth-order valence-electron chi connectivity index (χ4n) is 2.50. The van der Waals surface area contributed by atoms with Crippen LogP contribution in [-0.4, -0.2) is 18.9 Å². The van der Waals surface area contributed by atoms with Gasteiger partial charge in [0.1, 0.15) is 5.78 Å². The average Bonchev–Trinajstić information content (AvgIpc) is 2.78. The number of ketones is 1. The third kappa shape index (κ3) is 1.36. The van der Waals surface area contributed by atoms with Crippen molar-refractivity contribution in [1.29, 1.82) is 0 Å². The van der Waals surface area contributed by atoms with Crippen LogP contribution in [0.5, 0.6) is 0 Å². The van der Waals surface area contributed by atoms with E-state index in [-0.39, 0.29) is 17.3 Å². The van der Waals surface area contributed by atoms with E-state index in [1.807, 2.05) is 0 Å². The summed E-state index contributed by atoms with van der Waals surface area (Å²) in [6.45, 7) is 0. The SMILES string of the molecule is COC(=O)C1CC12CCCC(=O)C2. The Kier molecular flexibility index (Phi) is 1.90. The normalized spacial score (nSPS) is 37.6. The van der Waals surface area contributed by atoms with Crippen LogP contribution in [-0.2, 0) is 14.3 Å². The molecule has 0 aromatic heterocycles. The molecule has 2 atom stereocenters. The Hall–Kier alpha value is -0.860. The molecule has 0 N–H and O–H groups in total. The molecule has 3 heteroatoms. The van der Waals surface area contributed by atoms with Gasteiger partial charge < -0.3 is 4.74 Å². The Bertz CT molecular complexity index is 259. The standard InChI is InChI=1S/C10H14O3/c1-13-9(12)8-6-10(8)4-2-3-7(11)5-10/h8H,2-6H2,1H3. The van der Waals surface area contributed by atoms with Gasteiger partial charge in [0.2, 0.25) is 0 Å². The lowest BCUT2D eigenvalue weighted by atomic mass is 9.83. The molecule has 2 rings (SSSR count). The monoisotopic (exact) mass is 182 g/mol. The highest BCUT2D eigenvalue weighted by atomic mass is 16.5. The molecule has 0 amide bonds. The molecule has 3 nitrogen and oxygen atoms in total. The summed E-state index contributed by atoms with van der Waals surface area (Å²) in [5, 5.41) is 0. The molecule has 0 bridgehead atoms. The number of ether oxygens (including phenoxy) is 1. The molecule has 2 saturated carbocycles. The van der Waals surface area contributed by atoms with Gasteiger partial charge in [0, 0.05) is 12.8 Å². The topological polar surface area (TPSA) is 43.4 Å². The smallest absolute Gasteiger partial charge is 0.309 e. The van der Waals surface area contributed by atoms with Gasteiger partial charge in [0.15, 0.2) is 0 Å². The maximum atomic E-state index is 11.2. The van der Waals surface area contributed by atoms with Gasteiger partial charge in [-0.25, -0.2) is 0 Å². The molecule has 0 saturated heterocycles. The predicted molar refractivity (Wildman–Crippen MR) is 46.0 cm³/mol. The zero-order chi connectivity index (χ0) is 9.47. The minimum absolute atomic E-state index is 0.0155. The number of esters is 1. The fraction of sp³-hybridized carbons (Fsp3) is 0.800. The summed E-state index contributed by atoms with van der Waals surface area (Å²) in [6.07, 6.45) is 4.15. The van der Waals surface area contributed by atoms with E-state index >= 15 is 0 Å². The van der Waals surface area contributed by atoms with Crippen LogP contribution < -0.4 is 0 Å². The molecule has 0 heterocycles. The van der Waals surface area contributed by atoms with Gasteiger partial charge in [-0.1, -0.05) is 0 Å². The summed E-state index contributed by atoms with van der Waals surface area (Å²) in [7, 11) is 1.42. The molecule has 0 aliphatic heterocycles. The van der Waals surface area contributed by atoms with Crippen LogP contribution in [0.2, 0.25) is 0 Å². The van der Waals surface area contributed by atoms with Gasteiger partial charge >= 0.3 is 5.97 Å². The lowest BCUT2D eigenvalue weighted by Gasteiger charge is -2.20. The van der Waals surface area contributed by atoms with Crippen molar-refractivity contribution in [2.24, 2.45) is 11.3 Å². The van der Waals surface area contributed by atoms with Crippen LogP contribution in [0.3, 0.4) is 0 Å². The van der Waals surface area contributed by atoms with Crippen molar-refractivity contribution in [2.45, 2.75) is 32.1 Å². The van der Waals surface area contributed by atoms with Crippen LogP contribution in [0.25, 0.3) is 0 Å². The molecule has 13 heavy (non-hydrogen) atoms. The van der Waals surface area contributed by atoms with Crippen molar-refractivity contribution in [3.05, 3.63) is 0 Å². The molecular formula is C10H14O3. The molecule has 1 spiro atoms. The third-order valence-corrected chi connectivity index (χ3v) is 3.35. The number of hydrogen-bond donors (Lipinski definition) is 0. The summed E-state index contributed by atoms with van der Waals surface area (Å²) in [5.41, 5.74) is 0.0163. The predicted octanol–water partition coefficient (Wildman–Crippen LogP) is 1.31. The zero-order valence-corrected chi connectivity index (χ0v) is 7.84. The van der Waals surface area contributed by atoms with E-state index in [1.54, 1.807) is 0 Å². The van der Waals surface area contributed by atoms with Crippen molar-refractivity contribution in [3.8, 4) is 0 Å². The van der Waals surface area contributed by atoms with E-state index in [9.17, 15) is 9.59 Å². The van der Waals surface area contributed by atoms with Gasteiger partial charge in [0.05, 0.1) is 13.0 Å². The highest BCUT2D eigenvalue weighted by molar-refractivity contribution is 5.84. The van der Waals surface area contributed by atoms with Crippen molar-refractivity contribution in [2.75, 3.05) is 7.11 Å². The number of carbonyl (C=O) groups excluding carboxylic acids is 2. The second-order valence-corrected chi connectivity index (χ2v) is 4.21. The second-order valence-electron chi connectivity index (χ2n) is 4.21. The number of rotatable bonds is 1. The molecular weight excluding hydrogens is 168 g/mol. The van der Waals surface area contributed by atoms with Gasteiger partial charge in [-0.3, -0.25) is 9.59 Å². The summed E-state index contributed by atoms with van der Waals surface area (Å²) in [5.74, 6) is 0.203. The molecule has 2 aliphatic carbocycles. The van der Waals surface area contributed by atoms with Crippen LogP contribution >= 0.6 is 0 Å². The number of carbonyl (C=O) groups is 2. The minimum Gasteiger partial charge on any atom is -0.469 e. The first kappa shape index (κ1) is 8.73. The fourth-order valence-corrected chi connectivity index (χ4v) is 2.50. The van der Waals surface area contributed by atoms with Crippen LogP contribution in [0, 0.1) is 11.3 Å². The van der Waals surface area contributed by atoms with E-state index in [4.69, 9.17) is 0 Å². The highest BCUT2D eigenvalue weighted by Crippen LogP contribution is 2.60. The largest absolute Gasteiger partial charge is 0.469 e. The molecule has 2 unspecified atom stereocenters. The van der Waals surface area contributed by atoms with E-state index < -0.39 is 0 Å². The maximum absolute atomic E-state index is 11.2. The number of Topliss-reactive ketones (excluding diaryl/α,β-unsaturated/α-hetero) is 1. The first-order valence-electron chi connectivity index (χ1n) is 4.77. The van der Waals surface area contributed by atoms with Crippen molar-refractivity contribution in [1.82, 2.24) is 0 Å². The zero-order valence-electron chi connectivity index (χ0n) is 7.84. The van der Waals surface area contributed by atoms with E-state index in [0.29, 0.717) is 18.6 Å². The van der Waals surface area contributed by atoms with Crippen LogP contribution in [0.1, 0.15) is 32.1 Å². The Morgan fingerprint density at radius 3 is 3.00 bits per heavy atom. The Morgan fingerprint density at radius 2 is 2.38 bits per heavy atom. The summed E-state index contributed by atoms with van der Waals surface area (Å²) in [4.78, 5) is 22.4. The molecule has 0 aromatic carbocycles.